The van der Waals surface area contributed by atoms with Gasteiger partial charge < -0.3 is 5.73 Å². The van der Waals surface area contributed by atoms with Crippen molar-refractivity contribution in [3.63, 3.8) is 0 Å². The van der Waals surface area contributed by atoms with Gasteiger partial charge in [0.15, 0.2) is 0 Å². The molecule has 1 aromatic heterocycles. The highest BCUT2D eigenvalue weighted by Crippen LogP contribution is 2.48. The minimum Gasteiger partial charge on any atom is -0.374 e. The number of hydrogen-bond acceptors (Lipinski definition) is 6. The van der Waals surface area contributed by atoms with E-state index in [4.69, 9.17) is 5.73 Å². The fourth-order valence-electron chi connectivity index (χ4n) is 2.36. The summed E-state index contributed by atoms with van der Waals surface area (Å²) in [7, 11) is -3.53. The van der Waals surface area contributed by atoms with Gasteiger partial charge in [0.05, 0.1) is 0 Å². The van der Waals surface area contributed by atoms with Crippen LogP contribution in [-0.2, 0) is 10.0 Å². The maximum absolute atomic E-state index is 12.0. The fraction of sp³-hybridized carbons (Fsp3) is 0.800. The van der Waals surface area contributed by atoms with Crippen molar-refractivity contribution in [3.05, 3.63) is 0 Å². The van der Waals surface area contributed by atoms with E-state index in [1.54, 1.807) is 0 Å². The van der Waals surface area contributed by atoms with Crippen molar-refractivity contribution < 1.29 is 8.42 Å². The van der Waals surface area contributed by atoms with Gasteiger partial charge in [0.25, 0.3) is 10.0 Å². The Labute approximate surface area is 110 Å². The monoisotopic (exact) mass is 288 g/mol. The molecule has 3 rings (SSSR count). The van der Waals surface area contributed by atoms with Crippen LogP contribution in [-0.4, -0.2) is 25.2 Å². The Morgan fingerprint density at radius 1 is 1.28 bits per heavy atom. The highest BCUT2D eigenvalue weighted by Gasteiger charge is 2.41. The second-order valence-corrected chi connectivity index (χ2v) is 8.05. The van der Waals surface area contributed by atoms with Gasteiger partial charge in [-0.05, 0) is 43.4 Å². The lowest BCUT2D eigenvalue weighted by Crippen LogP contribution is -2.31. The van der Waals surface area contributed by atoms with Crippen LogP contribution < -0.4 is 10.5 Å². The van der Waals surface area contributed by atoms with Crippen LogP contribution in [0.15, 0.2) is 4.34 Å². The number of anilines is 1. The Morgan fingerprint density at radius 2 is 1.89 bits per heavy atom. The van der Waals surface area contributed by atoms with Gasteiger partial charge in [0, 0.05) is 6.54 Å². The molecule has 0 aromatic carbocycles. The molecule has 0 aliphatic heterocycles. The Kier molecular flexibility index (Phi) is 3.03. The van der Waals surface area contributed by atoms with Gasteiger partial charge in [-0.1, -0.05) is 11.3 Å². The zero-order valence-corrected chi connectivity index (χ0v) is 11.5. The van der Waals surface area contributed by atoms with Gasteiger partial charge in [-0.2, -0.15) is 0 Å². The summed E-state index contributed by atoms with van der Waals surface area (Å²) in [4.78, 5) is 0. The van der Waals surface area contributed by atoms with Gasteiger partial charge in [0.1, 0.15) is 0 Å². The van der Waals surface area contributed by atoms with Crippen molar-refractivity contribution in [2.24, 2.45) is 17.8 Å². The van der Waals surface area contributed by atoms with E-state index in [1.807, 2.05) is 0 Å². The van der Waals surface area contributed by atoms with Crippen molar-refractivity contribution in [1.29, 1.82) is 0 Å². The molecular formula is C10H16N4O2S2. The first-order chi connectivity index (χ1) is 8.56. The van der Waals surface area contributed by atoms with Crippen LogP contribution in [0, 0.1) is 17.8 Å². The molecule has 2 saturated carbocycles. The minimum atomic E-state index is -3.53. The summed E-state index contributed by atoms with van der Waals surface area (Å²) in [5.74, 6) is 1.95. The topological polar surface area (TPSA) is 98.0 Å². The van der Waals surface area contributed by atoms with Crippen LogP contribution >= 0.6 is 11.3 Å². The van der Waals surface area contributed by atoms with Crippen molar-refractivity contribution in [2.75, 3.05) is 12.3 Å². The molecule has 1 aromatic rings. The Hall–Kier alpha value is -0.730. The summed E-state index contributed by atoms with van der Waals surface area (Å²) in [6.45, 7) is 0.525. The second-order valence-electron chi connectivity index (χ2n) is 5.10. The van der Waals surface area contributed by atoms with E-state index in [9.17, 15) is 8.42 Å². The van der Waals surface area contributed by atoms with Crippen LogP contribution in [0.25, 0.3) is 0 Å². The lowest BCUT2D eigenvalue weighted by Gasteiger charge is -2.15. The van der Waals surface area contributed by atoms with Crippen LogP contribution in [0.1, 0.15) is 25.7 Å². The number of nitrogens with one attached hydrogen (secondary N) is 1. The predicted octanol–water partition coefficient (Wildman–Crippen LogP) is 0.835. The zero-order chi connectivity index (χ0) is 12.8. The summed E-state index contributed by atoms with van der Waals surface area (Å²) < 4.78 is 26.6. The number of nitrogens with zero attached hydrogens (tertiary/aromatic N) is 2. The van der Waals surface area contributed by atoms with Crippen molar-refractivity contribution in [1.82, 2.24) is 14.9 Å². The van der Waals surface area contributed by atoms with Crippen molar-refractivity contribution in [3.8, 4) is 0 Å². The molecule has 0 bridgehead atoms. The van der Waals surface area contributed by atoms with E-state index in [0.717, 1.165) is 23.2 Å². The quantitative estimate of drug-likeness (QED) is 0.808. The molecule has 0 spiro atoms. The highest BCUT2D eigenvalue weighted by atomic mass is 32.2. The third kappa shape index (κ3) is 2.65. The molecule has 0 saturated heterocycles. The van der Waals surface area contributed by atoms with Gasteiger partial charge in [-0.25, -0.2) is 13.1 Å². The zero-order valence-electron chi connectivity index (χ0n) is 9.87. The van der Waals surface area contributed by atoms with Crippen molar-refractivity contribution in [2.45, 2.75) is 30.0 Å². The normalized spacial score (nSPS) is 20.5. The first-order valence-electron chi connectivity index (χ1n) is 6.15. The second kappa shape index (κ2) is 4.43. The first kappa shape index (κ1) is 12.3. The van der Waals surface area contributed by atoms with Crippen LogP contribution in [0.3, 0.4) is 0 Å². The molecule has 2 fully saturated rings. The Morgan fingerprint density at radius 3 is 2.33 bits per heavy atom. The van der Waals surface area contributed by atoms with E-state index < -0.39 is 10.0 Å². The molecule has 8 heteroatoms. The van der Waals surface area contributed by atoms with E-state index in [0.29, 0.717) is 12.5 Å². The maximum Gasteiger partial charge on any atom is 0.269 e. The average molecular weight is 288 g/mol. The third-order valence-corrected chi connectivity index (χ3v) is 6.16. The Bertz CT molecular complexity index is 522. The van der Waals surface area contributed by atoms with E-state index in [1.165, 1.54) is 25.7 Å². The number of nitrogen functional groups attached to an aromatic ring is 1. The van der Waals surface area contributed by atoms with E-state index >= 15 is 0 Å². The summed E-state index contributed by atoms with van der Waals surface area (Å²) in [5.41, 5.74) is 5.40. The lowest BCUT2D eigenvalue weighted by atomic mass is 9.99. The van der Waals surface area contributed by atoms with Crippen molar-refractivity contribution >= 4 is 26.5 Å². The van der Waals surface area contributed by atoms with Gasteiger partial charge in [-0.3, -0.25) is 0 Å². The molecule has 0 amide bonds. The van der Waals surface area contributed by atoms with Crippen LogP contribution in [0.5, 0.6) is 0 Å². The number of nitrogens with two attached hydrogens (primary N) is 1. The molecule has 3 N–H and O–H groups in total. The highest BCUT2D eigenvalue weighted by molar-refractivity contribution is 7.91. The summed E-state index contributed by atoms with van der Waals surface area (Å²) in [6, 6.07) is 0. The largest absolute Gasteiger partial charge is 0.374 e. The summed E-state index contributed by atoms with van der Waals surface area (Å²) in [5, 5.41) is 7.29. The van der Waals surface area contributed by atoms with Gasteiger partial charge in [0.2, 0.25) is 9.47 Å². The molecule has 2 aliphatic carbocycles. The lowest BCUT2D eigenvalue weighted by molar-refractivity contribution is 0.401. The van der Waals surface area contributed by atoms with Crippen LogP contribution in [0.4, 0.5) is 5.13 Å². The minimum absolute atomic E-state index is 0.0367. The standard InChI is InChI=1S/C10H16N4O2S2/c11-9-13-14-10(17-9)18(15,16)12-5-8(6-1-2-6)7-3-4-7/h6-8,12H,1-5H2,(H2,11,13). The number of rotatable bonds is 6. The SMILES string of the molecule is Nc1nnc(S(=O)(=O)NCC(C2CC2)C2CC2)s1. The number of aromatic nitrogens is 2. The third-order valence-electron chi connectivity index (χ3n) is 3.62. The molecule has 0 unspecified atom stereocenters. The summed E-state index contributed by atoms with van der Waals surface area (Å²) >= 11 is 0.899. The average Bonchev–Trinajstić information content (AvgIpc) is 3.21. The van der Waals surface area contributed by atoms with Gasteiger partial charge in [-0.15, -0.1) is 10.2 Å². The van der Waals surface area contributed by atoms with Crippen LogP contribution in [0.2, 0.25) is 0 Å². The molecule has 2 aliphatic rings. The number of hydrogen-bond donors (Lipinski definition) is 2. The predicted molar refractivity (Wildman–Crippen MR) is 68.4 cm³/mol. The van der Waals surface area contributed by atoms with E-state index in [2.05, 4.69) is 14.9 Å². The molecule has 0 atom stereocenters. The molecule has 6 nitrogen and oxygen atoms in total. The smallest absolute Gasteiger partial charge is 0.269 e. The number of sulfonamides is 1. The molecule has 18 heavy (non-hydrogen) atoms. The molecule has 100 valence electrons. The maximum atomic E-state index is 12.0. The molecule has 0 radical (unpaired) electrons. The molecule has 1 heterocycles. The molecular weight excluding hydrogens is 272 g/mol. The fourth-order valence-corrected chi connectivity index (χ4v) is 4.26. The summed E-state index contributed by atoms with van der Waals surface area (Å²) in [6.07, 6.45) is 4.98. The first-order valence-corrected chi connectivity index (χ1v) is 8.45. The van der Waals surface area contributed by atoms with Gasteiger partial charge >= 0.3 is 0 Å². The Balaban J connectivity index is 1.64. The van der Waals surface area contributed by atoms with E-state index in [-0.39, 0.29) is 9.47 Å².